The number of non-ortho nitro benzene ring substituents is 1. The highest BCUT2D eigenvalue weighted by atomic mass is 79.9. The fraction of sp³-hybridized carbons (Fsp3) is 0.0645. The number of hydrogen-bond donors (Lipinski definition) is 0. The lowest BCUT2D eigenvalue weighted by atomic mass is 10.1. The second-order valence-electron chi connectivity index (χ2n) is 9.61. The minimum Gasteiger partial charge on any atom is -0.496 e. The smallest absolute Gasteiger partial charge is 0.312 e. The fourth-order valence-corrected chi connectivity index (χ4v) is 5.15. The van der Waals surface area contributed by atoms with Crippen LogP contribution in [0.25, 0.3) is 33.5 Å². The van der Waals surface area contributed by atoms with E-state index >= 15 is 0 Å². The Morgan fingerprint density at radius 3 is 2.49 bits per heavy atom. The Kier molecular flexibility index (Phi) is 7.79. The van der Waals surface area contributed by atoms with Gasteiger partial charge in [0.15, 0.2) is 5.76 Å². The zero-order valence-corrected chi connectivity index (χ0v) is 24.8. The number of ether oxygens (including phenoxy) is 2. The van der Waals surface area contributed by atoms with Crippen LogP contribution >= 0.6 is 15.9 Å². The highest BCUT2D eigenvalue weighted by Gasteiger charge is 2.22. The SMILES string of the molecule is COc1cccc2oc(-c3nc4ccccc4c(=O)n3N=Cc3cc(Br)cc([N+](=O)[O-])c3OCc3ccc([N+](=O)[O-])cc3)cc12. The van der Waals surface area contributed by atoms with Gasteiger partial charge in [0.2, 0.25) is 11.6 Å². The molecule has 2 heterocycles. The van der Waals surface area contributed by atoms with Crippen LogP contribution in [0.2, 0.25) is 0 Å². The molecule has 0 aliphatic rings. The number of methoxy groups -OCH3 is 1. The molecule has 6 aromatic rings. The summed E-state index contributed by atoms with van der Waals surface area (Å²) in [5.74, 6) is 0.773. The summed E-state index contributed by atoms with van der Waals surface area (Å²) < 4.78 is 18.8. The lowest BCUT2D eigenvalue weighted by Crippen LogP contribution is -2.20. The lowest BCUT2D eigenvalue weighted by Gasteiger charge is -2.11. The molecule has 2 aromatic heterocycles. The van der Waals surface area contributed by atoms with Gasteiger partial charge in [-0.2, -0.15) is 9.78 Å². The number of fused-ring (bicyclic) bond motifs is 2. The number of aromatic nitrogens is 2. The summed E-state index contributed by atoms with van der Waals surface area (Å²) in [4.78, 5) is 40.3. The lowest BCUT2D eigenvalue weighted by molar-refractivity contribution is -0.386. The molecule has 0 aliphatic heterocycles. The molecular formula is C31H20BrN5O8. The van der Waals surface area contributed by atoms with Crippen LogP contribution in [-0.4, -0.2) is 32.8 Å². The van der Waals surface area contributed by atoms with Crippen LogP contribution in [0.5, 0.6) is 11.5 Å². The summed E-state index contributed by atoms with van der Waals surface area (Å²) in [5.41, 5.74) is 0.676. The molecule has 14 heteroatoms. The van der Waals surface area contributed by atoms with Crippen LogP contribution < -0.4 is 15.0 Å². The molecule has 4 aromatic carbocycles. The van der Waals surface area contributed by atoms with E-state index in [-0.39, 0.29) is 40.9 Å². The van der Waals surface area contributed by atoms with Crippen molar-refractivity contribution in [2.45, 2.75) is 6.61 Å². The van der Waals surface area contributed by atoms with E-state index in [1.807, 2.05) is 0 Å². The van der Waals surface area contributed by atoms with Gasteiger partial charge in [0.25, 0.3) is 11.2 Å². The van der Waals surface area contributed by atoms with Crippen LogP contribution in [-0.2, 0) is 6.61 Å². The average Bonchev–Trinajstić information content (AvgIpc) is 3.48. The van der Waals surface area contributed by atoms with Gasteiger partial charge in [0, 0.05) is 28.2 Å². The van der Waals surface area contributed by atoms with E-state index in [2.05, 4.69) is 26.0 Å². The van der Waals surface area contributed by atoms with Crippen molar-refractivity contribution in [3.63, 3.8) is 0 Å². The summed E-state index contributed by atoms with van der Waals surface area (Å²) in [5, 5.41) is 28.4. The standard InChI is InChI=1S/C31H20BrN5O8/c1-43-26-7-4-8-27-23(26)15-28(45-27)30-34-24-6-3-2-5-22(24)31(38)35(30)33-16-19-13-20(32)14-25(37(41)42)29(19)44-17-18-9-11-21(12-10-18)36(39)40/h2-16H,17H2,1H3. The first-order valence-corrected chi connectivity index (χ1v) is 14.0. The third kappa shape index (κ3) is 5.73. The second kappa shape index (κ2) is 12.0. The van der Waals surface area contributed by atoms with Gasteiger partial charge < -0.3 is 13.9 Å². The van der Waals surface area contributed by atoms with Gasteiger partial charge in [0.1, 0.15) is 17.9 Å². The number of nitro benzene ring substituents is 2. The monoisotopic (exact) mass is 669 g/mol. The molecule has 13 nitrogen and oxygen atoms in total. The number of rotatable bonds is 9. The number of hydrogen-bond acceptors (Lipinski definition) is 10. The summed E-state index contributed by atoms with van der Waals surface area (Å²) in [6.07, 6.45) is 1.26. The van der Waals surface area contributed by atoms with E-state index in [4.69, 9.17) is 13.9 Å². The van der Waals surface area contributed by atoms with Crippen molar-refractivity contribution in [3.05, 3.63) is 131 Å². The minimum absolute atomic E-state index is 0.0889. The maximum Gasteiger partial charge on any atom is 0.312 e. The maximum absolute atomic E-state index is 13.7. The Morgan fingerprint density at radius 2 is 1.76 bits per heavy atom. The largest absolute Gasteiger partial charge is 0.496 e. The normalized spacial score (nSPS) is 11.3. The summed E-state index contributed by atoms with van der Waals surface area (Å²) in [6, 6.07) is 22.2. The van der Waals surface area contributed by atoms with E-state index in [1.165, 1.54) is 43.7 Å². The zero-order chi connectivity index (χ0) is 31.7. The Labute approximate surface area is 261 Å². The van der Waals surface area contributed by atoms with E-state index < -0.39 is 15.4 Å². The van der Waals surface area contributed by atoms with Gasteiger partial charge >= 0.3 is 5.69 Å². The average molecular weight is 670 g/mol. The van der Waals surface area contributed by atoms with Gasteiger partial charge in [-0.1, -0.05) is 34.1 Å². The Bertz CT molecular complexity index is 2210. The van der Waals surface area contributed by atoms with Gasteiger partial charge in [-0.3, -0.25) is 25.0 Å². The first-order valence-electron chi connectivity index (χ1n) is 13.2. The first-order chi connectivity index (χ1) is 21.7. The minimum atomic E-state index is -0.607. The molecule has 0 bridgehead atoms. The van der Waals surface area contributed by atoms with Crippen molar-refractivity contribution in [1.82, 2.24) is 9.66 Å². The number of nitro groups is 2. The first kappa shape index (κ1) is 29.2. The molecule has 0 atom stereocenters. The van der Waals surface area contributed by atoms with E-state index in [0.29, 0.717) is 37.7 Å². The summed E-state index contributed by atoms with van der Waals surface area (Å²) >= 11 is 3.30. The van der Waals surface area contributed by atoms with E-state index in [9.17, 15) is 25.0 Å². The molecule has 0 aliphatic carbocycles. The van der Waals surface area contributed by atoms with Gasteiger partial charge in [-0.15, -0.1) is 0 Å². The Morgan fingerprint density at radius 1 is 0.978 bits per heavy atom. The maximum atomic E-state index is 13.7. The van der Waals surface area contributed by atoms with Crippen LogP contribution in [0, 0.1) is 20.2 Å². The van der Waals surface area contributed by atoms with Crippen molar-refractivity contribution < 1.29 is 23.7 Å². The Balaban J connectivity index is 1.47. The molecular weight excluding hydrogens is 650 g/mol. The topological polar surface area (TPSA) is 165 Å². The van der Waals surface area contributed by atoms with E-state index in [0.717, 1.165) is 4.68 Å². The van der Waals surface area contributed by atoms with E-state index in [1.54, 1.807) is 54.6 Å². The van der Waals surface area contributed by atoms with Gasteiger partial charge in [0.05, 0.1) is 39.5 Å². The number of para-hydroxylation sites is 1. The summed E-state index contributed by atoms with van der Waals surface area (Å²) in [7, 11) is 1.54. The van der Waals surface area contributed by atoms with Gasteiger partial charge in [-0.25, -0.2) is 4.98 Å². The molecule has 0 spiro atoms. The molecule has 45 heavy (non-hydrogen) atoms. The molecule has 0 saturated carbocycles. The zero-order valence-electron chi connectivity index (χ0n) is 23.2. The quantitative estimate of drug-likeness (QED) is 0.0908. The fourth-order valence-electron chi connectivity index (χ4n) is 4.69. The van der Waals surface area contributed by atoms with Crippen LogP contribution in [0.4, 0.5) is 11.4 Å². The van der Waals surface area contributed by atoms with Crippen LogP contribution in [0.15, 0.2) is 104 Å². The predicted molar refractivity (Wildman–Crippen MR) is 169 cm³/mol. The molecule has 0 fully saturated rings. The second-order valence-corrected chi connectivity index (χ2v) is 10.5. The van der Waals surface area contributed by atoms with Crippen LogP contribution in [0.3, 0.4) is 0 Å². The Hall–Kier alpha value is -5.89. The van der Waals surface area contributed by atoms with Crippen molar-refractivity contribution in [2.24, 2.45) is 5.10 Å². The number of furan rings is 1. The highest BCUT2D eigenvalue weighted by Crippen LogP contribution is 2.35. The highest BCUT2D eigenvalue weighted by molar-refractivity contribution is 9.10. The number of halogens is 1. The van der Waals surface area contributed by atoms with Crippen molar-refractivity contribution in [1.29, 1.82) is 0 Å². The molecule has 0 N–H and O–H groups in total. The van der Waals surface area contributed by atoms with Crippen molar-refractivity contribution in [3.8, 4) is 23.1 Å². The van der Waals surface area contributed by atoms with Crippen molar-refractivity contribution in [2.75, 3.05) is 7.11 Å². The number of benzene rings is 4. The third-order valence-corrected chi connectivity index (χ3v) is 7.28. The molecule has 0 unspecified atom stereocenters. The molecule has 0 amide bonds. The predicted octanol–water partition coefficient (Wildman–Crippen LogP) is 6.86. The molecule has 224 valence electrons. The number of nitrogens with zero attached hydrogens (tertiary/aromatic N) is 5. The summed E-state index contributed by atoms with van der Waals surface area (Å²) in [6.45, 7) is -0.134. The van der Waals surface area contributed by atoms with Crippen molar-refractivity contribution >= 4 is 55.4 Å². The molecule has 0 radical (unpaired) electrons. The van der Waals surface area contributed by atoms with Crippen LogP contribution in [0.1, 0.15) is 11.1 Å². The van der Waals surface area contributed by atoms with Gasteiger partial charge in [-0.05, 0) is 54.1 Å². The third-order valence-electron chi connectivity index (χ3n) is 6.82. The molecule has 6 rings (SSSR count). The molecule has 0 saturated heterocycles.